The molecular weight excluding hydrogens is 425 g/mol. The number of piperidine rings is 1. The molecule has 180 valence electrons. The van der Waals surface area contributed by atoms with Crippen LogP contribution in [0.5, 0.6) is 0 Å². The quantitative estimate of drug-likeness (QED) is 0.561. The largest absolute Gasteiger partial charge is 0.528 e. The molecule has 2 fully saturated rings. The van der Waals surface area contributed by atoms with E-state index in [1.807, 2.05) is 0 Å². The van der Waals surface area contributed by atoms with Gasteiger partial charge in [0, 0.05) is 19.6 Å². The molecule has 1 aromatic rings. The van der Waals surface area contributed by atoms with Crippen LogP contribution < -0.4 is 0 Å². The van der Waals surface area contributed by atoms with E-state index < -0.39 is 29.1 Å². The molecule has 32 heavy (non-hydrogen) atoms. The lowest BCUT2D eigenvalue weighted by atomic mass is 9.84. The molecular formula is C23H33F3N2O4. The highest BCUT2D eigenvalue weighted by atomic mass is 19.4. The third-order valence-electron chi connectivity index (χ3n) is 5.85. The molecule has 0 radical (unpaired) electrons. The van der Waals surface area contributed by atoms with Crippen LogP contribution in [0.2, 0.25) is 0 Å². The lowest BCUT2D eigenvalue weighted by molar-refractivity contribution is -0.188. The number of benzene rings is 1. The van der Waals surface area contributed by atoms with E-state index >= 15 is 0 Å². The fourth-order valence-corrected chi connectivity index (χ4v) is 4.17. The first-order valence-electron chi connectivity index (χ1n) is 11.2. The maximum absolute atomic E-state index is 13.0. The van der Waals surface area contributed by atoms with Gasteiger partial charge in [0.15, 0.2) is 0 Å². The lowest BCUT2D eigenvalue weighted by Gasteiger charge is -2.41. The van der Waals surface area contributed by atoms with Crippen molar-refractivity contribution >= 4 is 6.16 Å². The molecule has 0 bridgehead atoms. The topological polar surface area (TPSA) is 51.2 Å². The van der Waals surface area contributed by atoms with E-state index in [-0.39, 0.29) is 0 Å². The highest BCUT2D eigenvalue weighted by molar-refractivity contribution is 5.60. The van der Waals surface area contributed by atoms with Gasteiger partial charge in [-0.2, -0.15) is 13.2 Å². The number of carbonyl (C=O) groups excluding carboxylic acids is 1. The second kappa shape index (κ2) is 9.97. The number of rotatable bonds is 6. The number of alkyl halides is 3. The first kappa shape index (κ1) is 24.8. The Morgan fingerprint density at radius 3 is 2.12 bits per heavy atom. The Morgan fingerprint density at radius 1 is 1.00 bits per heavy atom. The highest BCUT2D eigenvalue weighted by Gasteiger charge is 2.40. The van der Waals surface area contributed by atoms with Crippen LogP contribution in [0.1, 0.15) is 57.6 Å². The Labute approximate surface area is 187 Å². The molecule has 9 heteroatoms. The third kappa shape index (κ3) is 6.83. The van der Waals surface area contributed by atoms with Crippen molar-refractivity contribution in [3.63, 3.8) is 0 Å². The summed E-state index contributed by atoms with van der Waals surface area (Å²) in [5, 5.41) is 1.53. The molecule has 2 heterocycles. The fourth-order valence-electron chi connectivity index (χ4n) is 4.17. The van der Waals surface area contributed by atoms with Crippen LogP contribution in [0.3, 0.4) is 0 Å². The molecule has 0 unspecified atom stereocenters. The van der Waals surface area contributed by atoms with Crippen molar-refractivity contribution in [2.24, 2.45) is 0 Å². The first-order chi connectivity index (χ1) is 15.0. The summed E-state index contributed by atoms with van der Waals surface area (Å²) in [6, 6.07) is 5.21. The Balaban J connectivity index is 1.67. The summed E-state index contributed by atoms with van der Waals surface area (Å²) in [4.78, 5) is 19.6. The van der Waals surface area contributed by atoms with Crippen LogP contribution in [-0.4, -0.2) is 61.1 Å². The van der Waals surface area contributed by atoms with Gasteiger partial charge in [0.1, 0.15) is 5.60 Å². The number of hydroxylamine groups is 2. The predicted molar refractivity (Wildman–Crippen MR) is 113 cm³/mol. The van der Waals surface area contributed by atoms with Crippen LogP contribution in [0, 0.1) is 0 Å². The van der Waals surface area contributed by atoms with Gasteiger partial charge in [-0.3, -0.25) is 0 Å². The Morgan fingerprint density at radius 2 is 1.59 bits per heavy atom. The standard InChI is InChI=1S/C23H33F3N2O4/c1-21(2,3)31-20(29)32-28-14-10-22(11-15-28,30-17-16-27-12-4-5-13-27)18-6-8-19(9-7-18)23(24,25)26/h6-9H,4-5,10-17H2,1-3H3. The molecule has 2 saturated heterocycles. The molecule has 0 spiro atoms. The zero-order chi connectivity index (χ0) is 23.4. The predicted octanol–water partition coefficient (Wildman–Crippen LogP) is 4.98. The smallest absolute Gasteiger partial charge is 0.427 e. The fraction of sp³-hybridized carbons (Fsp3) is 0.696. The first-order valence-corrected chi connectivity index (χ1v) is 11.2. The van der Waals surface area contributed by atoms with E-state index in [0.29, 0.717) is 38.1 Å². The van der Waals surface area contributed by atoms with Crippen LogP contribution in [-0.2, 0) is 26.1 Å². The second-order valence-electron chi connectivity index (χ2n) is 9.45. The van der Waals surface area contributed by atoms with Crippen LogP contribution in [0.4, 0.5) is 18.0 Å². The van der Waals surface area contributed by atoms with Gasteiger partial charge in [-0.1, -0.05) is 12.1 Å². The van der Waals surface area contributed by atoms with Gasteiger partial charge in [0.25, 0.3) is 0 Å². The van der Waals surface area contributed by atoms with Gasteiger partial charge in [-0.15, -0.1) is 5.06 Å². The van der Waals surface area contributed by atoms with Gasteiger partial charge in [0.05, 0.1) is 17.8 Å². The molecule has 0 saturated carbocycles. The highest BCUT2D eigenvalue weighted by Crippen LogP contribution is 2.39. The average molecular weight is 459 g/mol. The molecule has 6 nitrogen and oxygen atoms in total. The minimum Gasteiger partial charge on any atom is -0.427 e. The van der Waals surface area contributed by atoms with E-state index in [1.54, 1.807) is 20.8 Å². The minimum absolute atomic E-state index is 0.393. The van der Waals surface area contributed by atoms with E-state index in [9.17, 15) is 18.0 Å². The lowest BCUT2D eigenvalue weighted by Crippen LogP contribution is -2.46. The van der Waals surface area contributed by atoms with Crippen molar-refractivity contribution in [3.8, 4) is 0 Å². The van der Waals surface area contributed by atoms with Crippen LogP contribution in [0.15, 0.2) is 24.3 Å². The maximum Gasteiger partial charge on any atom is 0.528 e. The molecule has 2 aliphatic heterocycles. The van der Waals surface area contributed by atoms with E-state index in [1.165, 1.54) is 30.0 Å². The van der Waals surface area contributed by atoms with Crippen molar-refractivity contribution in [1.29, 1.82) is 0 Å². The van der Waals surface area contributed by atoms with Gasteiger partial charge < -0.3 is 19.2 Å². The van der Waals surface area contributed by atoms with Crippen molar-refractivity contribution in [1.82, 2.24) is 9.96 Å². The number of ether oxygens (including phenoxy) is 2. The number of likely N-dealkylation sites (tertiary alicyclic amines) is 1. The molecule has 0 atom stereocenters. The SMILES string of the molecule is CC(C)(C)OC(=O)ON1CCC(OCCN2CCCC2)(c2ccc(C(F)(F)F)cc2)CC1. The van der Waals surface area contributed by atoms with E-state index in [0.717, 1.165) is 31.8 Å². The zero-order valence-corrected chi connectivity index (χ0v) is 19.0. The Kier molecular flexibility index (Phi) is 7.73. The summed E-state index contributed by atoms with van der Waals surface area (Å²) in [7, 11) is 0. The number of halogens is 3. The summed E-state index contributed by atoms with van der Waals surface area (Å²) in [6.45, 7) is 9.45. The number of hydrogen-bond donors (Lipinski definition) is 0. The van der Waals surface area contributed by atoms with Crippen molar-refractivity contribution < 1.29 is 32.3 Å². The molecule has 0 N–H and O–H groups in total. The van der Waals surface area contributed by atoms with E-state index in [4.69, 9.17) is 14.3 Å². The molecule has 0 aliphatic carbocycles. The molecule has 3 rings (SSSR count). The summed E-state index contributed by atoms with van der Waals surface area (Å²) < 4.78 is 50.6. The van der Waals surface area contributed by atoms with Gasteiger partial charge in [-0.25, -0.2) is 4.79 Å². The van der Waals surface area contributed by atoms with Gasteiger partial charge >= 0.3 is 12.3 Å². The number of hydrogen-bond acceptors (Lipinski definition) is 6. The van der Waals surface area contributed by atoms with Crippen molar-refractivity contribution in [3.05, 3.63) is 35.4 Å². The van der Waals surface area contributed by atoms with Crippen LogP contribution in [0.25, 0.3) is 0 Å². The minimum atomic E-state index is -4.38. The van der Waals surface area contributed by atoms with Crippen molar-refractivity contribution in [2.45, 2.75) is 63.8 Å². The second-order valence-corrected chi connectivity index (χ2v) is 9.45. The monoisotopic (exact) mass is 458 g/mol. The summed E-state index contributed by atoms with van der Waals surface area (Å²) in [6.07, 6.45) is -1.81. The molecule has 2 aliphatic rings. The number of carbonyl (C=O) groups is 1. The summed E-state index contributed by atoms with van der Waals surface area (Å²) >= 11 is 0. The van der Waals surface area contributed by atoms with E-state index in [2.05, 4.69) is 4.90 Å². The third-order valence-corrected chi connectivity index (χ3v) is 5.85. The maximum atomic E-state index is 13.0. The van der Waals surface area contributed by atoms with Crippen LogP contribution >= 0.6 is 0 Å². The summed E-state index contributed by atoms with van der Waals surface area (Å²) in [5.74, 6) is 0. The zero-order valence-electron chi connectivity index (χ0n) is 19.0. The Bertz CT molecular complexity index is 748. The summed E-state index contributed by atoms with van der Waals surface area (Å²) in [5.41, 5.74) is -1.35. The Hall–Kier alpha value is -1.84. The normalized spacial score (nSPS) is 20.3. The van der Waals surface area contributed by atoms with Gasteiger partial charge in [0.2, 0.25) is 0 Å². The molecule has 0 amide bonds. The number of nitrogens with zero attached hydrogens (tertiary/aromatic N) is 2. The van der Waals surface area contributed by atoms with Crippen molar-refractivity contribution in [2.75, 3.05) is 39.3 Å². The average Bonchev–Trinajstić information content (AvgIpc) is 3.21. The van der Waals surface area contributed by atoms with Gasteiger partial charge in [-0.05, 0) is 77.2 Å². The molecule has 0 aromatic heterocycles. The molecule has 1 aromatic carbocycles.